The first kappa shape index (κ1) is 12.2. The molecule has 0 unspecified atom stereocenters. The van der Waals surface area contributed by atoms with E-state index in [1.165, 1.54) is 0 Å². The molecule has 0 radical (unpaired) electrons. The number of hydrogen-bond donors (Lipinski definition) is 2. The largest absolute Gasteiger partial charge is 0.411 e. The summed E-state index contributed by atoms with van der Waals surface area (Å²) in [5, 5.41) is 14.2. The fourth-order valence-corrected chi connectivity index (χ4v) is 1.23. The van der Waals surface area contributed by atoms with Gasteiger partial charge in [-0.15, -0.1) is 0 Å². The van der Waals surface area contributed by atoms with Gasteiger partial charge in [0.05, 0.1) is 5.71 Å². The smallest absolute Gasteiger partial charge is 0.220 e. The molecule has 0 saturated heterocycles. The van der Waals surface area contributed by atoms with Gasteiger partial charge in [0.2, 0.25) is 5.91 Å². The maximum absolute atomic E-state index is 11.4. The molecule has 1 amide bonds. The second-order valence-electron chi connectivity index (χ2n) is 3.60. The highest BCUT2D eigenvalue weighted by Gasteiger charge is 2.02. The van der Waals surface area contributed by atoms with Crippen molar-refractivity contribution in [3.05, 3.63) is 35.9 Å². The number of rotatable bonds is 5. The highest BCUT2D eigenvalue weighted by Crippen LogP contribution is 1.98. The van der Waals surface area contributed by atoms with Crippen LogP contribution in [0.1, 0.15) is 25.3 Å². The normalized spacial score (nSPS) is 11.2. The van der Waals surface area contributed by atoms with E-state index in [0.717, 1.165) is 5.56 Å². The lowest BCUT2D eigenvalue weighted by Gasteiger charge is -2.04. The fraction of sp³-hybridized carbons (Fsp3) is 0.333. The maximum Gasteiger partial charge on any atom is 0.220 e. The molecule has 2 N–H and O–H groups in total. The SMILES string of the molecule is C/C(CCC(=O)NCc1ccccc1)=N/O. The summed E-state index contributed by atoms with van der Waals surface area (Å²) in [6, 6.07) is 9.72. The number of carbonyl (C=O) groups is 1. The van der Waals surface area contributed by atoms with E-state index >= 15 is 0 Å². The van der Waals surface area contributed by atoms with Gasteiger partial charge in [0, 0.05) is 13.0 Å². The Morgan fingerprint density at radius 3 is 2.62 bits per heavy atom. The topological polar surface area (TPSA) is 61.7 Å². The fourth-order valence-electron chi connectivity index (χ4n) is 1.23. The first-order valence-corrected chi connectivity index (χ1v) is 5.20. The van der Waals surface area contributed by atoms with Crippen LogP contribution in [0.4, 0.5) is 0 Å². The molecule has 1 rings (SSSR count). The van der Waals surface area contributed by atoms with Crippen LogP contribution in [0.15, 0.2) is 35.5 Å². The first-order valence-electron chi connectivity index (χ1n) is 5.20. The van der Waals surface area contributed by atoms with Gasteiger partial charge < -0.3 is 10.5 Å². The van der Waals surface area contributed by atoms with Crippen LogP contribution in [0.2, 0.25) is 0 Å². The van der Waals surface area contributed by atoms with E-state index in [1.54, 1.807) is 6.92 Å². The van der Waals surface area contributed by atoms with Crippen molar-refractivity contribution in [2.45, 2.75) is 26.3 Å². The molecule has 0 aromatic heterocycles. The molecule has 0 aliphatic heterocycles. The summed E-state index contributed by atoms with van der Waals surface area (Å²) in [7, 11) is 0. The van der Waals surface area contributed by atoms with Crippen molar-refractivity contribution in [1.82, 2.24) is 5.32 Å². The Hall–Kier alpha value is -1.84. The second-order valence-corrected chi connectivity index (χ2v) is 3.60. The number of hydrogen-bond acceptors (Lipinski definition) is 3. The zero-order valence-corrected chi connectivity index (χ0v) is 9.31. The van der Waals surface area contributed by atoms with Gasteiger partial charge in [0.1, 0.15) is 0 Å². The molecular weight excluding hydrogens is 204 g/mol. The molecule has 4 nitrogen and oxygen atoms in total. The van der Waals surface area contributed by atoms with E-state index < -0.39 is 0 Å². The van der Waals surface area contributed by atoms with Crippen LogP contribution < -0.4 is 5.32 Å². The van der Waals surface area contributed by atoms with Crippen LogP contribution in [-0.2, 0) is 11.3 Å². The van der Waals surface area contributed by atoms with Crippen LogP contribution in [0.3, 0.4) is 0 Å². The molecule has 0 aliphatic carbocycles. The maximum atomic E-state index is 11.4. The van der Waals surface area contributed by atoms with Crippen LogP contribution in [-0.4, -0.2) is 16.8 Å². The Kier molecular flexibility index (Phi) is 5.05. The third-order valence-electron chi connectivity index (χ3n) is 2.22. The summed E-state index contributed by atoms with van der Waals surface area (Å²) in [4.78, 5) is 11.4. The van der Waals surface area contributed by atoms with Gasteiger partial charge in [-0.2, -0.15) is 0 Å². The monoisotopic (exact) mass is 220 g/mol. The molecule has 1 aromatic carbocycles. The first-order chi connectivity index (χ1) is 7.72. The number of benzene rings is 1. The zero-order chi connectivity index (χ0) is 11.8. The minimum Gasteiger partial charge on any atom is -0.411 e. The summed E-state index contributed by atoms with van der Waals surface area (Å²) in [5.41, 5.74) is 1.64. The van der Waals surface area contributed by atoms with Gasteiger partial charge >= 0.3 is 0 Å². The lowest BCUT2D eigenvalue weighted by atomic mass is 10.2. The Labute approximate surface area is 95.0 Å². The van der Waals surface area contributed by atoms with Crippen molar-refractivity contribution in [1.29, 1.82) is 0 Å². The van der Waals surface area contributed by atoms with Gasteiger partial charge in [0.25, 0.3) is 0 Å². The van der Waals surface area contributed by atoms with Crippen LogP contribution in [0.25, 0.3) is 0 Å². The van der Waals surface area contributed by atoms with Crippen molar-refractivity contribution < 1.29 is 10.0 Å². The zero-order valence-electron chi connectivity index (χ0n) is 9.31. The minimum atomic E-state index is -0.0353. The molecule has 0 fully saturated rings. The molecule has 0 spiro atoms. The van der Waals surface area contributed by atoms with E-state index in [1.807, 2.05) is 30.3 Å². The van der Waals surface area contributed by atoms with Gasteiger partial charge in [-0.05, 0) is 18.9 Å². The average Bonchev–Trinajstić information content (AvgIpc) is 2.34. The molecule has 16 heavy (non-hydrogen) atoms. The summed E-state index contributed by atoms with van der Waals surface area (Å²) < 4.78 is 0. The van der Waals surface area contributed by atoms with Crippen molar-refractivity contribution >= 4 is 11.6 Å². The molecule has 86 valence electrons. The quantitative estimate of drug-likeness (QED) is 0.452. The van der Waals surface area contributed by atoms with Crippen molar-refractivity contribution in [3.63, 3.8) is 0 Å². The Bertz CT molecular complexity index is 361. The van der Waals surface area contributed by atoms with Crippen molar-refractivity contribution in [2.24, 2.45) is 5.16 Å². The van der Waals surface area contributed by atoms with Crippen molar-refractivity contribution in [3.8, 4) is 0 Å². The third kappa shape index (κ3) is 4.59. The van der Waals surface area contributed by atoms with Gasteiger partial charge in [-0.1, -0.05) is 35.5 Å². The third-order valence-corrected chi connectivity index (χ3v) is 2.22. The summed E-state index contributed by atoms with van der Waals surface area (Å²) in [6.07, 6.45) is 0.833. The highest BCUT2D eigenvalue weighted by atomic mass is 16.4. The summed E-state index contributed by atoms with van der Waals surface area (Å²) in [5.74, 6) is -0.0353. The number of amides is 1. The number of nitrogens with zero attached hydrogens (tertiary/aromatic N) is 1. The average molecular weight is 220 g/mol. The molecular formula is C12H16N2O2. The van der Waals surface area contributed by atoms with E-state index in [4.69, 9.17) is 5.21 Å². The predicted molar refractivity (Wildman–Crippen MR) is 62.4 cm³/mol. The Balaban J connectivity index is 2.26. The van der Waals surface area contributed by atoms with Gasteiger partial charge in [-0.25, -0.2) is 0 Å². The Morgan fingerprint density at radius 2 is 2.00 bits per heavy atom. The second kappa shape index (κ2) is 6.61. The summed E-state index contributed by atoms with van der Waals surface area (Å²) >= 11 is 0. The molecule has 0 heterocycles. The molecule has 0 atom stereocenters. The van der Waals surface area contributed by atoms with Crippen LogP contribution in [0.5, 0.6) is 0 Å². The predicted octanol–water partition coefficient (Wildman–Crippen LogP) is 1.93. The van der Waals surface area contributed by atoms with Crippen LogP contribution >= 0.6 is 0 Å². The number of carbonyl (C=O) groups excluding carboxylic acids is 1. The summed E-state index contributed by atoms with van der Waals surface area (Å²) in [6.45, 7) is 2.22. The van der Waals surface area contributed by atoms with E-state index in [0.29, 0.717) is 25.1 Å². The van der Waals surface area contributed by atoms with E-state index in [-0.39, 0.29) is 5.91 Å². The molecule has 0 saturated carbocycles. The standard InChI is InChI=1S/C12H16N2O2/c1-10(14-16)7-8-12(15)13-9-11-5-3-2-4-6-11/h2-6,16H,7-9H2,1H3,(H,13,15)/b14-10-. The Morgan fingerprint density at radius 1 is 1.31 bits per heavy atom. The lowest BCUT2D eigenvalue weighted by molar-refractivity contribution is -0.121. The van der Waals surface area contributed by atoms with E-state index in [9.17, 15) is 4.79 Å². The van der Waals surface area contributed by atoms with Gasteiger partial charge in [-0.3, -0.25) is 4.79 Å². The highest BCUT2D eigenvalue weighted by molar-refractivity contribution is 5.86. The number of nitrogens with one attached hydrogen (secondary N) is 1. The van der Waals surface area contributed by atoms with E-state index in [2.05, 4.69) is 10.5 Å². The minimum absolute atomic E-state index is 0.0353. The number of oxime groups is 1. The van der Waals surface area contributed by atoms with Gasteiger partial charge in [0.15, 0.2) is 0 Å². The molecule has 0 aliphatic rings. The molecule has 4 heteroatoms. The molecule has 1 aromatic rings. The van der Waals surface area contributed by atoms with Crippen LogP contribution in [0, 0.1) is 0 Å². The molecule has 0 bridgehead atoms. The van der Waals surface area contributed by atoms with Crippen molar-refractivity contribution in [2.75, 3.05) is 0 Å². The lowest BCUT2D eigenvalue weighted by Crippen LogP contribution is -2.22.